The van der Waals surface area contributed by atoms with Crippen LogP contribution in [-0.2, 0) is 6.54 Å². The summed E-state index contributed by atoms with van der Waals surface area (Å²) in [5.74, 6) is 2.66. The van der Waals surface area contributed by atoms with Crippen molar-refractivity contribution in [2.75, 3.05) is 25.0 Å². The topological polar surface area (TPSA) is 94.1 Å². The molecule has 0 spiro atoms. The number of anilines is 1. The van der Waals surface area contributed by atoms with Crippen LogP contribution in [-0.4, -0.2) is 52.3 Å². The fraction of sp³-hybridized carbons (Fsp3) is 0.364. The lowest BCUT2D eigenvalue weighted by molar-refractivity contribution is 0.459. The number of nitrogens with zero attached hydrogens (tertiary/aromatic N) is 5. The summed E-state index contributed by atoms with van der Waals surface area (Å²) in [6.45, 7) is 4.73. The van der Waals surface area contributed by atoms with E-state index >= 15 is 0 Å². The zero-order chi connectivity index (χ0) is 20.8. The first-order valence-corrected chi connectivity index (χ1v) is 10.3. The number of aromatic amines is 1. The van der Waals surface area contributed by atoms with Gasteiger partial charge in [-0.05, 0) is 43.0 Å². The fourth-order valence-electron chi connectivity index (χ4n) is 3.65. The predicted octanol–water partition coefficient (Wildman–Crippen LogP) is 2.51. The first-order chi connectivity index (χ1) is 14.7. The molecule has 3 heterocycles. The molecule has 1 fully saturated rings. The van der Waals surface area contributed by atoms with Gasteiger partial charge in [-0.2, -0.15) is 5.10 Å². The van der Waals surface area contributed by atoms with Crippen LogP contribution in [0.15, 0.2) is 53.9 Å². The Morgan fingerprint density at radius 2 is 2.07 bits per heavy atom. The van der Waals surface area contributed by atoms with E-state index in [9.17, 15) is 0 Å². The number of aryl methyl sites for hydroxylation is 1. The van der Waals surface area contributed by atoms with Crippen molar-refractivity contribution in [2.45, 2.75) is 32.4 Å². The molecule has 1 saturated heterocycles. The van der Waals surface area contributed by atoms with Gasteiger partial charge >= 0.3 is 0 Å². The first-order valence-electron chi connectivity index (χ1n) is 10.3. The quantitative estimate of drug-likeness (QED) is 0.447. The van der Waals surface area contributed by atoms with E-state index in [1.807, 2.05) is 25.4 Å². The lowest BCUT2D eigenvalue weighted by Gasteiger charge is -2.33. The molecule has 0 radical (unpaired) electrons. The van der Waals surface area contributed by atoms with Gasteiger partial charge in [-0.3, -0.25) is 10.1 Å². The van der Waals surface area contributed by atoms with Gasteiger partial charge in [-0.1, -0.05) is 24.3 Å². The third-order valence-corrected chi connectivity index (χ3v) is 5.35. The van der Waals surface area contributed by atoms with Crippen LogP contribution in [0.25, 0.3) is 11.4 Å². The molecule has 0 atom stereocenters. The Bertz CT molecular complexity index is 957. The van der Waals surface area contributed by atoms with E-state index in [4.69, 9.17) is 0 Å². The number of aromatic nitrogens is 4. The van der Waals surface area contributed by atoms with Crippen molar-refractivity contribution in [3.05, 3.63) is 60.0 Å². The smallest absolute Gasteiger partial charge is 0.191 e. The fourth-order valence-corrected chi connectivity index (χ4v) is 3.65. The van der Waals surface area contributed by atoms with Gasteiger partial charge < -0.3 is 15.5 Å². The number of piperidine rings is 1. The highest BCUT2D eigenvalue weighted by atomic mass is 15.2. The monoisotopic (exact) mass is 404 g/mol. The third kappa shape index (κ3) is 4.94. The normalized spacial score (nSPS) is 15.3. The highest BCUT2D eigenvalue weighted by Gasteiger charge is 2.20. The largest absolute Gasteiger partial charge is 0.356 e. The van der Waals surface area contributed by atoms with Crippen molar-refractivity contribution >= 4 is 11.8 Å². The van der Waals surface area contributed by atoms with Gasteiger partial charge in [0.1, 0.15) is 12.1 Å². The molecule has 0 amide bonds. The standard InChI is InChI=1S/C22H28N8/c1-16-6-7-20(24-13-16)30-10-8-19(9-11-30)28-22(23-2)25-14-17-4-3-5-18(12-17)21-26-15-27-29-21/h3-7,12-13,15,19H,8-11,14H2,1-2H3,(H2,23,25,28)(H,26,27,29). The SMILES string of the molecule is CN=C(NCc1cccc(-c2ncn[nH]2)c1)NC1CCN(c2ccc(C)cn2)CC1. The average molecular weight is 405 g/mol. The lowest BCUT2D eigenvalue weighted by atomic mass is 10.1. The highest BCUT2D eigenvalue weighted by Crippen LogP contribution is 2.18. The second-order valence-electron chi connectivity index (χ2n) is 7.56. The number of pyridine rings is 1. The molecular formula is C22H28N8. The summed E-state index contributed by atoms with van der Waals surface area (Å²) in [5, 5.41) is 13.8. The molecule has 8 heteroatoms. The van der Waals surface area contributed by atoms with Gasteiger partial charge in [0.2, 0.25) is 0 Å². The van der Waals surface area contributed by atoms with Crippen LogP contribution < -0.4 is 15.5 Å². The minimum Gasteiger partial charge on any atom is -0.356 e. The van der Waals surface area contributed by atoms with Crippen molar-refractivity contribution in [3.63, 3.8) is 0 Å². The van der Waals surface area contributed by atoms with Crippen molar-refractivity contribution in [1.82, 2.24) is 30.8 Å². The Morgan fingerprint density at radius 3 is 2.77 bits per heavy atom. The lowest BCUT2D eigenvalue weighted by Crippen LogP contribution is -2.48. The zero-order valence-corrected chi connectivity index (χ0v) is 17.5. The summed E-state index contributed by atoms with van der Waals surface area (Å²) < 4.78 is 0. The molecule has 1 aliphatic rings. The van der Waals surface area contributed by atoms with Crippen LogP contribution in [0.1, 0.15) is 24.0 Å². The van der Waals surface area contributed by atoms with Crippen LogP contribution in [0, 0.1) is 6.92 Å². The second kappa shape index (κ2) is 9.39. The van der Waals surface area contributed by atoms with Crippen molar-refractivity contribution in [3.8, 4) is 11.4 Å². The number of benzene rings is 1. The second-order valence-corrected chi connectivity index (χ2v) is 7.56. The Balaban J connectivity index is 1.28. The summed E-state index contributed by atoms with van der Waals surface area (Å²) in [5.41, 5.74) is 3.37. The third-order valence-electron chi connectivity index (χ3n) is 5.35. The molecule has 1 aliphatic heterocycles. The van der Waals surface area contributed by atoms with E-state index in [-0.39, 0.29) is 0 Å². The summed E-state index contributed by atoms with van der Waals surface area (Å²) in [7, 11) is 1.81. The predicted molar refractivity (Wildman–Crippen MR) is 119 cm³/mol. The van der Waals surface area contributed by atoms with Gasteiger partial charge in [0, 0.05) is 44.5 Å². The molecule has 3 N–H and O–H groups in total. The van der Waals surface area contributed by atoms with E-state index < -0.39 is 0 Å². The Labute approximate surface area is 176 Å². The van der Waals surface area contributed by atoms with Crippen LogP contribution in [0.3, 0.4) is 0 Å². The maximum Gasteiger partial charge on any atom is 0.191 e. The van der Waals surface area contributed by atoms with Crippen LogP contribution in [0.5, 0.6) is 0 Å². The molecule has 30 heavy (non-hydrogen) atoms. The van der Waals surface area contributed by atoms with E-state index in [1.165, 1.54) is 11.9 Å². The van der Waals surface area contributed by atoms with Gasteiger partial charge in [0.25, 0.3) is 0 Å². The summed E-state index contributed by atoms with van der Waals surface area (Å²) in [4.78, 5) is 15.5. The molecule has 4 rings (SSSR count). The molecule has 3 aromatic rings. The minimum absolute atomic E-state index is 0.401. The van der Waals surface area contributed by atoms with Crippen LogP contribution >= 0.6 is 0 Å². The van der Waals surface area contributed by atoms with E-state index in [0.29, 0.717) is 12.6 Å². The first kappa shape index (κ1) is 19.9. The Hall–Kier alpha value is -3.42. The van der Waals surface area contributed by atoms with E-state index in [1.54, 1.807) is 0 Å². The maximum atomic E-state index is 4.55. The number of hydrogen-bond acceptors (Lipinski definition) is 5. The van der Waals surface area contributed by atoms with Crippen molar-refractivity contribution in [2.24, 2.45) is 4.99 Å². The maximum absolute atomic E-state index is 4.55. The molecule has 0 aliphatic carbocycles. The molecule has 2 aromatic heterocycles. The van der Waals surface area contributed by atoms with Crippen LogP contribution in [0.4, 0.5) is 5.82 Å². The Kier molecular flexibility index (Phi) is 6.22. The molecule has 1 aromatic carbocycles. The average Bonchev–Trinajstić information content (AvgIpc) is 3.33. The van der Waals surface area contributed by atoms with Crippen LogP contribution in [0.2, 0.25) is 0 Å². The summed E-state index contributed by atoms with van der Waals surface area (Å²) in [6.07, 6.45) is 5.56. The molecular weight excluding hydrogens is 376 g/mol. The molecule has 0 unspecified atom stereocenters. The van der Waals surface area contributed by atoms with Gasteiger partial charge in [-0.15, -0.1) is 0 Å². The zero-order valence-electron chi connectivity index (χ0n) is 17.5. The van der Waals surface area contributed by atoms with E-state index in [2.05, 4.69) is 71.9 Å². The number of H-pyrrole nitrogens is 1. The minimum atomic E-state index is 0.401. The summed E-state index contributed by atoms with van der Waals surface area (Å²) >= 11 is 0. The number of rotatable bonds is 5. The molecule has 0 saturated carbocycles. The van der Waals surface area contributed by atoms with Gasteiger partial charge in [0.05, 0.1) is 0 Å². The molecule has 8 nitrogen and oxygen atoms in total. The van der Waals surface area contributed by atoms with Crippen molar-refractivity contribution in [1.29, 1.82) is 0 Å². The number of hydrogen-bond donors (Lipinski definition) is 3. The van der Waals surface area contributed by atoms with E-state index in [0.717, 1.165) is 54.7 Å². The highest BCUT2D eigenvalue weighted by molar-refractivity contribution is 5.80. The molecule has 0 bridgehead atoms. The van der Waals surface area contributed by atoms with Gasteiger partial charge in [-0.25, -0.2) is 9.97 Å². The number of nitrogens with one attached hydrogen (secondary N) is 3. The van der Waals surface area contributed by atoms with Crippen molar-refractivity contribution < 1.29 is 0 Å². The molecule has 156 valence electrons. The number of guanidine groups is 1. The number of aliphatic imine (C=N–C) groups is 1. The van der Waals surface area contributed by atoms with Gasteiger partial charge in [0.15, 0.2) is 11.8 Å². The Morgan fingerprint density at radius 1 is 1.20 bits per heavy atom. The summed E-state index contributed by atoms with van der Waals surface area (Å²) in [6, 6.07) is 12.9.